The summed E-state index contributed by atoms with van der Waals surface area (Å²) in [6.45, 7) is 2.04. The van der Waals surface area contributed by atoms with Gasteiger partial charge in [0.1, 0.15) is 18.1 Å². The van der Waals surface area contributed by atoms with Crippen molar-refractivity contribution in [2.45, 2.75) is 6.92 Å². The third-order valence-corrected chi connectivity index (χ3v) is 3.96. The van der Waals surface area contributed by atoms with Gasteiger partial charge in [0.25, 0.3) is 0 Å². The second-order valence-corrected chi connectivity index (χ2v) is 5.93. The Morgan fingerprint density at radius 3 is 2.25 bits per heavy atom. The smallest absolute Gasteiger partial charge is 0.166 e. The molecule has 2 aromatic heterocycles. The van der Waals surface area contributed by atoms with E-state index in [-0.39, 0.29) is 20.1 Å². The van der Waals surface area contributed by atoms with E-state index in [1.165, 1.54) is 0 Å². The van der Waals surface area contributed by atoms with E-state index >= 15 is 0 Å². The summed E-state index contributed by atoms with van der Waals surface area (Å²) in [5, 5.41) is 0. The predicted octanol–water partition coefficient (Wildman–Crippen LogP) is 5.36. The first-order chi connectivity index (χ1) is 13.3. The molecule has 0 aliphatic carbocycles. The molecule has 28 heavy (non-hydrogen) atoms. The maximum Gasteiger partial charge on any atom is 0.166 e. The second kappa shape index (κ2) is 11.1. The van der Waals surface area contributed by atoms with Crippen molar-refractivity contribution >= 4 is 5.70 Å². The normalized spacial score (nSPS) is 10.4. The molecule has 2 aromatic carbocycles. The van der Waals surface area contributed by atoms with Gasteiger partial charge in [-0.2, -0.15) is 4.57 Å². The van der Waals surface area contributed by atoms with Crippen molar-refractivity contribution in [1.82, 2.24) is 14.1 Å². The Labute approximate surface area is 180 Å². The van der Waals surface area contributed by atoms with Crippen LogP contribution in [0.25, 0.3) is 17.0 Å². The Morgan fingerprint density at radius 2 is 1.71 bits per heavy atom. The molecule has 0 saturated carbocycles. The van der Waals surface area contributed by atoms with Crippen LogP contribution in [0.15, 0.2) is 97.7 Å². The van der Waals surface area contributed by atoms with Crippen LogP contribution in [0.1, 0.15) is 12.5 Å². The van der Waals surface area contributed by atoms with E-state index in [1.807, 2.05) is 97.9 Å². The SMILES string of the molecule is C/C=C(/c1[c-]cccc1)n1ccn(C)[cH+]1.[Ir].[c-]1ccccc1-c1ccccn1. The van der Waals surface area contributed by atoms with Crippen molar-refractivity contribution in [1.29, 1.82) is 0 Å². The third-order valence-electron chi connectivity index (χ3n) is 3.96. The minimum absolute atomic E-state index is 0. The van der Waals surface area contributed by atoms with E-state index in [0.29, 0.717) is 0 Å². The molecule has 2 heterocycles. The zero-order valence-electron chi connectivity index (χ0n) is 15.9. The minimum Gasteiger partial charge on any atom is -0.305 e. The van der Waals surface area contributed by atoms with E-state index < -0.39 is 0 Å². The van der Waals surface area contributed by atoms with Gasteiger partial charge in [-0.15, -0.1) is 66.2 Å². The van der Waals surface area contributed by atoms with E-state index in [9.17, 15) is 0 Å². The molecule has 4 heteroatoms. The van der Waals surface area contributed by atoms with E-state index in [4.69, 9.17) is 0 Å². The van der Waals surface area contributed by atoms with Crippen LogP contribution in [-0.4, -0.2) is 14.1 Å². The van der Waals surface area contributed by atoms with Crippen molar-refractivity contribution in [3.63, 3.8) is 0 Å². The average molecular weight is 545 g/mol. The van der Waals surface area contributed by atoms with Crippen LogP contribution in [0.5, 0.6) is 0 Å². The van der Waals surface area contributed by atoms with Gasteiger partial charge in [-0.25, -0.2) is 0 Å². The van der Waals surface area contributed by atoms with Crippen molar-refractivity contribution in [3.8, 4) is 11.3 Å². The number of aryl methyl sites for hydroxylation is 1. The van der Waals surface area contributed by atoms with Gasteiger partial charge < -0.3 is 4.98 Å². The Morgan fingerprint density at radius 1 is 0.964 bits per heavy atom. The summed E-state index contributed by atoms with van der Waals surface area (Å²) >= 11 is 0. The van der Waals surface area contributed by atoms with E-state index in [2.05, 4.69) is 33.8 Å². The van der Waals surface area contributed by atoms with Gasteiger partial charge in [0, 0.05) is 33.3 Å². The van der Waals surface area contributed by atoms with Crippen LogP contribution >= 0.6 is 0 Å². The number of hydrogen-bond donors (Lipinski definition) is 0. The molecule has 0 saturated heterocycles. The average Bonchev–Trinajstić information content (AvgIpc) is 3.17. The first kappa shape index (κ1) is 21.5. The molecule has 0 bridgehead atoms. The number of imidazole rings is 1. The van der Waals surface area contributed by atoms with Crippen LogP contribution < -0.4 is 0 Å². The van der Waals surface area contributed by atoms with E-state index in [1.54, 1.807) is 6.20 Å². The van der Waals surface area contributed by atoms with Gasteiger partial charge in [-0.05, 0) is 30.3 Å². The number of pyridine rings is 1. The monoisotopic (exact) mass is 545 g/mol. The van der Waals surface area contributed by atoms with Gasteiger partial charge in [0.15, 0.2) is 6.33 Å². The fraction of sp³-hybridized carbons (Fsp3) is 0.0833. The molecule has 0 unspecified atom stereocenters. The Kier molecular flexibility index (Phi) is 8.54. The van der Waals surface area contributed by atoms with Crippen molar-refractivity contribution in [3.05, 3.63) is 115 Å². The summed E-state index contributed by atoms with van der Waals surface area (Å²) in [4.78, 5) is 4.22. The molecule has 0 fully saturated rings. The molecule has 0 aliphatic rings. The number of benzene rings is 2. The Bertz CT molecular complexity index is 941. The summed E-state index contributed by atoms with van der Waals surface area (Å²) in [6, 6.07) is 28.0. The molecular weight excluding hydrogens is 523 g/mol. The molecule has 4 aromatic rings. The number of aromatic nitrogens is 3. The quantitative estimate of drug-likeness (QED) is 0.319. The Hall–Kier alpha value is -2.81. The molecule has 1 radical (unpaired) electrons. The summed E-state index contributed by atoms with van der Waals surface area (Å²) in [5.41, 5.74) is 4.27. The van der Waals surface area contributed by atoms with Gasteiger partial charge in [0.05, 0.1) is 0 Å². The first-order valence-electron chi connectivity index (χ1n) is 8.83. The topological polar surface area (TPSA) is 22.8 Å². The van der Waals surface area contributed by atoms with Crippen LogP contribution in [0, 0.1) is 12.1 Å². The fourth-order valence-corrected chi connectivity index (χ4v) is 2.66. The number of rotatable bonds is 3. The van der Waals surface area contributed by atoms with Crippen LogP contribution in [0.2, 0.25) is 0 Å². The molecular formula is C24H22IrN3-. The number of hydrogen-bond acceptors (Lipinski definition) is 1. The van der Waals surface area contributed by atoms with Gasteiger partial charge in [-0.3, -0.25) is 4.57 Å². The molecule has 0 spiro atoms. The predicted molar refractivity (Wildman–Crippen MR) is 111 cm³/mol. The molecule has 0 atom stereocenters. The fourth-order valence-electron chi connectivity index (χ4n) is 2.66. The van der Waals surface area contributed by atoms with Crippen LogP contribution in [0.4, 0.5) is 0 Å². The van der Waals surface area contributed by atoms with Gasteiger partial charge >= 0.3 is 0 Å². The molecule has 0 aliphatic heterocycles. The first-order valence-corrected chi connectivity index (χ1v) is 8.83. The second-order valence-electron chi connectivity index (χ2n) is 5.93. The van der Waals surface area contributed by atoms with Crippen molar-refractivity contribution in [2.75, 3.05) is 0 Å². The summed E-state index contributed by atoms with van der Waals surface area (Å²) in [5.74, 6) is 0. The zero-order valence-corrected chi connectivity index (χ0v) is 18.3. The molecule has 4 rings (SSSR count). The van der Waals surface area contributed by atoms with Crippen molar-refractivity contribution < 1.29 is 20.1 Å². The standard InChI is InChI=1S/C13H14N2.C11H8N.Ir/c1-3-13(12-7-5-4-6-8-12)15-10-9-14(2)11-15;1-2-6-10(7-3-1)11-8-4-5-9-12-11;/h3-7,9-11H,1-2H3;1-6,8-9H;/q;-1;/b13-3-;;. The maximum absolute atomic E-state index is 4.22. The number of allylic oxidation sites excluding steroid dienone is 1. The summed E-state index contributed by atoms with van der Waals surface area (Å²) in [6.07, 6.45) is 9.97. The summed E-state index contributed by atoms with van der Waals surface area (Å²) < 4.78 is 4.11. The largest absolute Gasteiger partial charge is 0.305 e. The van der Waals surface area contributed by atoms with Crippen LogP contribution in [-0.2, 0) is 27.2 Å². The third kappa shape index (κ3) is 5.85. The zero-order chi connectivity index (χ0) is 18.9. The molecule has 0 N–H and O–H groups in total. The summed E-state index contributed by atoms with van der Waals surface area (Å²) in [7, 11) is 2.01. The molecule has 3 nitrogen and oxygen atoms in total. The van der Waals surface area contributed by atoms with Crippen molar-refractivity contribution in [2.24, 2.45) is 7.05 Å². The van der Waals surface area contributed by atoms with Gasteiger partial charge in [0.2, 0.25) is 0 Å². The number of nitrogens with zero attached hydrogens (tertiary/aromatic N) is 3. The van der Waals surface area contributed by atoms with E-state index in [0.717, 1.165) is 22.5 Å². The molecule has 0 amide bonds. The van der Waals surface area contributed by atoms with Crippen LogP contribution in [0.3, 0.4) is 0 Å². The minimum atomic E-state index is 0. The maximum atomic E-state index is 4.22. The molecule has 143 valence electrons. The van der Waals surface area contributed by atoms with Gasteiger partial charge in [-0.1, -0.05) is 12.1 Å². The Balaban J connectivity index is 0.000000198.